The topological polar surface area (TPSA) is 102 Å². The molecule has 14 heteroatoms. The highest BCUT2D eigenvalue weighted by atomic mass is 35.5. The monoisotopic (exact) mass is 647 g/mol. The normalized spacial score (nSPS) is 15.1. The van der Waals surface area contributed by atoms with E-state index >= 15 is 0 Å². The van der Waals surface area contributed by atoms with Crippen LogP contribution in [0.5, 0.6) is 0 Å². The van der Waals surface area contributed by atoms with E-state index in [1.807, 2.05) is 0 Å². The van der Waals surface area contributed by atoms with Crippen LogP contribution in [0.25, 0.3) is 0 Å². The van der Waals surface area contributed by atoms with E-state index in [9.17, 15) is 30.9 Å². The first kappa shape index (κ1) is 31.5. The fourth-order valence-corrected chi connectivity index (χ4v) is 7.11. The van der Waals surface area contributed by atoms with Gasteiger partial charge in [-0.05, 0) is 85.6 Å². The highest BCUT2D eigenvalue weighted by Gasteiger charge is 2.35. The molecule has 0 saturated carbocycles. The van der Waals surface area contributed by atoms with Crippen molar-refractivity contribution in [1.29, 1.82) is 0 Å². The number of rotatable bonds is 10. The number of nitrogens with zero attached hydrogens (tertiary/aromatic N) is 1. The average molecular weight is 649 g/mol. The number of hydrogen-bond acceptors (Lipinski definition) is 5. The zero-order valence-electron chi connectivity index (χ0n) is 21.5. The second kappa shape index (κ2) is 13.2. The van der Waals surface area contributed by atoms with E-state index in [1.54, 1.807) is 24.3 Å². The second-order valence-corrected chi connectivity index (χ2v) is 13.3. The minimum Gasteiger partial charge on any atom is -0.611 e. The van der Waals surface area contributed by atoms with Crippen LogP contribution in [0.4, 0.5) is 18.9 Å². The summed E-state index contributed by atoms with van der Waals surface area (Å²) in [5, 5.41) is 2.35. The van der Waals surface area contributed by atoms with Crippen LogP contribution in [0.3, 0.4) is 0 Å². The summed E-state index contributed by atoms with van der Waals surface area (Å²) in [5.41, 5.74) is -0.514. The summed E-state index contributed by atoms with van der Waals surface area (Å²) in [7, 11) is -4.55. The van der Waals surface area contributed by atoms with Crippen molar-refractivity contribution in [3.8, 4) is 0 Å². The SMILES string of the molecule is O=C(NCCN1CCCC1)c1cccc(C[S+]([O-])c2ccc(Cl)cc2NS(=O)(=O)c2ccc(Cl)c(C(F)(F)F)c2)c1. The fraction of sp³-hybridized carbons (Fsp3) is 0.296. The predicted molar refractivity (Wildman–Crippen MR) is 153 cm³/mol. The largest absolute Gasteiger partial charge is 0.611 e. The average Bonchev–Trinajstić information content (AvgIpc) is 3.41. The Morgan fingerprint density at radius 3 is 2.46 bits per heavy atom. The molecule has 41 heavy (non-hydrogen) atoms. The number of anilines is 1. The molecule has 0 aliphatic carbocycles. The molecule has 3 aromatic carbocycles. The highest BCUT2D eigenvalue weighted by molar-refractivity contribution is 7.93. The van der Waals surface area contributed by atoms with E-state index in [4.69, 9.17) is 23.2 Å². The summed E-state index contributed by atoms with van der Waals surface area (Å²) >= 11 is 9.85. The van der Waals surface area contributed by atoms with Crippen LogP contribution in [-0.2, 0) is 33.1 Å². The summed E-state index contributed by atoms with van der Waals surface area (Å²) in [6.45, 7) is 3.31. The third-order valence-corrected chi connectivity index (χ3v) is 9.75. The van der Waals surface area contributed by atoms with Gasteiger partial charge >= 0.3 is 6.18 Å². The quantitative estimate of drug-likeness (QED) is 0.265. The van der Waals surface area contributed by atoms with Crippen LogP contribution >= 0.6 is 23.2 Å². The van der Waals surface area contributed by atoms with Gasteiger partial charge in [0.2, 0.25) is 0 Å². The molecular weight excluding hydrogens is 622 g/mol. The minimum absolute atomic E-state index is 0.0588. The van der Waals surface area contributed by atoms with Crippen molar-refractivity contribution in [2.24, 2.45) is 0 Å². The van der Waals surface area contributed by atoms with E-state index in [2.05, 4.69) is 14.9 Å². The Bertz CT molecular complexity index is 1520. The summed E-state index contributed by atoms with van der Waals surface area (Å²) in [6, 6.07) is 12.8. The number of nitrogens with one attached hydrogen (secondary N) is 2. The van der Waals surface area contributed by atoms with Gasteiger partial charge < -0.3 is 14.8 Å². The molecule has 1 saturated heterocycles. The molecule has 220 valence electrons. The minimum atomic E-state index is -4.87. The molecule has 1 unspecified atom stereocenters. The number of likely N-dealkylation sites (tertiary alicyclic amines) is 1. The summed E-state index contributed by atoms with van der Waals surface area (Å²) in [5.74, 6) is -0.331. The number of carbonyl (C=O) groups excluding carboxylic acids is 1. The smallest absolute Gasteiger partial charge is 0.417 e. The highest BCUT2D eigenvalue weighted by Crippen LogP contribution is 2.37. The lowest BCUT2D eigenvalue weighted by Crippen LogP contribution is -2.33. The number of amides is 1. The maximum atomic E-state index is 13.4. The second-order valence-electron chi connectivity index (χ2n) is 9.38. The van der Waals surface area contributed by atoms with E-state index in [0.717, 1.165) is 44.6 Å². The van der Waals surface area contributed by atoms with Crippen LogP contribution in [0, 0.1) is 0 Å². The van der Waals surface area contributed by atoms with Gasteiger partial charge in [-0.1, -0.05) is 35.3 Å². The lowest BCUT2D eigenvalue weighted by molar-refractivity contribution is -0.137. The van der Waals surface area contributed by atoms with Gasteiger partial charge in [0.1, 0.15) is 11.4 Å². The molecule has 0 spiro atoms. The van der Waals surface area contributed by atoms with Crippen molar-refractivity contribution in [2.45, 2.75) is 34.6 Å². The van der Waals surface area contributed by atoms with Gasteiger partial charge in [-0.25, -0.2) is 8.42 Å². The maximum absolute atomic E-state index is 13.4. The zero-order chi connectivity index (χ0) is 29.8. The van der Waals surface area contributed by atoms with Gasteiger partial charge in [0.15, 0.2) is 4.90 Å². The molecule has 1 fully saturated rings. The number of hydrogen-bond donors (Lipinski definition) is 2. The predicted octanol–water partition coefficient (Wildman–Crippen LogP) is 5.95. The molecule has 3 aromatic rings. The Balaban J connectivity index is 1.50. The number of carbonyl (C=O) groups is 1. The van der Waals surface area contributed by atoms with Crippen molar-refractivity contribution in [1.82, 2.24) is 10.2 Å². The molecule has 1 heterocycles. The van der Waals surface area contributed by atoms with Crippen LogP contribution in [0.1, 0.15) is 34.3 Å². The third kappa shape index (κ3) is 8.30. The third-order valence-electron chi connectivity index (χ3n) is 6.38. The molecule has 4 rings (SSSR count). The number of halogens is 5. The molecule has 0 bridgehead atoms. The van der Waals surface area contributed by atoms with Crippen molar-refractivity contribution in [3.05, 3.63) is 87.4 Å². The first-order chi connectivity index (χ1) is 19.3. The Labute approximate surface area is 249 Å². The van der Waals surface area contributed by atoms with Crippen LogP contribution in [-0.4, -0.2) is 50.0 Å². The molecule has 2 N–H and O–H groups in total. The van der Waals surface area contributed by atoms with Gasteiger partial charge in [-0.3, -0.25) is 9.52 Å². The fourth-order valence-electron chi connectivity index (χ4n) is 4.34. The Morgan fingerprint density at radius 1 is 1.02 bits per heavy atom. The number of benzene rings is 3. The lowest BCUT2D eigenvalue weighted by Gasteiger charge is -2.17. The van der Waals surface area contributed by atoms with Gasteiger partial charge in [0.05, 0.1) is 15.5 Å². The Morgan fingerprint density at radius 2 is 1.76 bits per heavy atom. The maximum Gasteiger partial charge on any atom is 0.417 e. The molecule has 1 aliphatic heterocycles. The van der Waals surface area contributed by atoms with Crippen molar-refractivity contribution in [3.63, 3.8) is 0 Å². The number of sulfonamides is 1. The van der Waals surface area contributed by atoms with E-state index in [1.165, 1.54) is 18.2 Å². The first-order valence-corrected chi connectivity index (χ1v) is 16.1. The molecular formula is C27H26Cl2F3N3O4S2. The Hall–Kier alpha value is -2.48. The van der Waals surface area contributed by atoms with Crippen molar-refractivity contribution < 1.29 is 30.9 Å². The van der Waals surface area contributed by atoms with Gasteiger partial charge in [0.25, 0.3) is 15.9 Å². The molecule has 7 nitrogen and oxygen atoms in total. The number of alkyl halides is 3. The molecule has 1 amide bonds. The van der Waals surface area contributed by atoms with Crippen molar-refractivity contribution in [2.75, 3.05) is 30.9 Å². The summed E-state index contributed by atoms with van der Waals surface area (Å²) in [6.07, 6.45) is -2.56. The van der Waals surface area contributed by atoms with Gasteiger partial charge in [0, 0.05) is 29.2 Å². The van der Waals surface area contributed by atoms with Crippen LogP contribution in [0.2, 0.25) is 10.0 Å². The zero-order valence-corrected chi connectivity index (χ0v) is 24.7. The molecule has 1 aliphatic rings. The van der Waals surface area contributed by atoms with E-state index < -0.39 is 42.9 Å². The summed E-state index contributed by atoms with van der Waals surface area (Å²) in [4.78, 5) is 14.3. The van der Waals surface area contributed by atoms with E-state index in [-0.39, 0.29) is 27.3 Å². The van der Waals surface area contributed by atoms with Crippen LogP contribution < -0.4 is 10.0 Å². The lowest BCUT2D eigenvalue weighted by atomic mass is 10.1. The standard InChI is InChI=1S/C27H26Cl2F3N3O4S2/c28-20-6-9-25(24(15-20)34-41(38,39)21-7-8-23(29)22(16-21)27(30,31)32)40(37)17-18-4-3-5-19(14-18)26(36)33-10-13-35-11-1-2-12-35/h3-9,14-16,34H,1-2,10-13,17H2,(H,33,36). The van der Waals surface area contributed by atoms with Crippen LogP contribution in [0.15, 0.2) is 70.5 Å². The van der Waals surface area contributed by atoms with Gasteiger partial charge in [-0.15, -0.1) is 0 Å². The van der Waals surface area contributed by atoms with Crippen molar-refractivity contribution >= 4 is 56.0 Å². The molecule has 0 aromatic heterocycles. The summed E-state index contributed by atoms with van der Waals surface area (Å²) < 4.78 is 81.5. The first-order valence-electron chi connectivity index (χ1n) is 12.5. The molecule has 1 atom stereocenters. The molecule has 0 radical (unpaired) electrons. The van der Waals surface area contributed by atoms with E-state index in [0.29, 0.717) is 23.7 Å². The van der Waals surface area contributed by atoms with Gasteiger partial charge in [-0.2, -0.15) is 13.2 Å². The Kier molecular flexibility index (Phi) is 10.1.